The van der Waals surface area contributed by atoms with E-state index in [0.29, 0.717) is 12.3 Å². The molecule has 1 fully saturated rings. The highest BCUT2D eigenvalue weighted by Gasteiger charge is 2.42. The number of para-hydroxylation sites is 2. The van der Waals surface area contributed by atoms with E-state index >= 15 is 0 Å². The summed E-state index contributed by atoms with van der Waals surface area (Å²) in [5.41, 5.74) is 5.99. The fraction of sp³-hybridized carbons (Fsp3) is 0.371. The van der Waals surface area contributed by atoms with Crippen molar-refractivity contribution in [2.75, 3.05) is 29.9 Å². The van der Waals surface area contributed by atoms with Gasteiger partial charge in [0.05, 0.1) is 24.0 Å². The van der Waals surface area contributed by atoms with Gasteiger partial charge in [-0.15, -0.1) is 0 Å². The minimum Gasteiger partial charge on any atom is -0.357 e. The van der Waals surface area contributed by atoms with Gasteiger partial charge in [-0.05, 0) is 60.3 Å². The van der Waals surface area contributed by atoms with Crippen LogP contribution in [0.4, 0.5) is 11.4 Å². The second-order valence-electron chi connectivity index (χ2n) is 12.4. The van der Waals surface area contributed by atoms with Crippen LogP contribution in [0.25, 0.3) is 0 Å². The summed E-state index contributed by atoms with van der Waals surface area (Å²) in [6, 6.07) is 28.7. The minimum absolute atomic E-state index is 0.117. The van der Waals surface area contributed by atoms with Gasteiger partial charge in [-0.3, -0.25) is 9.59 Å². The van der Waals surface area contributed by atoms with E-state index in [2.05, 4.69) is 78.7 Å². The average molecular weight is 534 g/mol. The smallest absolute Gasteiger partial charge is 0.242 e. The van der Waals surface area contributed by atoms with Crippen LogP contribution in [-0.2, 0) is 16.0 Å². The summed E-state index contributed by atoms with van der Waals surface area (Å²) in [6.45, 7) is 6.11. The number of fused-ring (bicyclic) bond motifs is 1. The van der Waals surface area contributed by atoms with Gasteiger partial charge in [0.1, 0.15) is 0 Å². The number of rotatable bonds is 5. The van der Waals surface area contributed by atoms with Gasteiger partial charge >= 0.3 is 0 Å². The first-order chi connectivity index (χ1) is 19.4. The molecule has 1 N–H and O–H groups in total. The number of piperidine rings is 1. The molecule has 1 unspecified atom stereocenters. The number of carbonyl (C=O) groups is 2. The summed E-state index contributed by atoms with van der Waals surface area (Å²) >= 11 is 0. The first-order valence-corrected chi connectivity index (χ1v) is 14.6. The molecule has 1 aliphatic carbocycles. The van der Waals surface area contributed by atoms with E-state index in [-0.39, 0.29) is 29.7 Å². The van der Waals surface area contributed by atoms with E-state index in [1.807, 2.05) is 35.2 Å². The number of nitrogens with one attached hydrogen (secondary N) is 1. The maximum Gasteiger partial charge on any atom is 0.242 e. The lowest BCUT2D eigenvalue weighted by Gasteiger charge is -2.39. The number of carbonyl (C=O) groups excluding carboxylic acids is 2. The van der Waals surface area contributed by atoms with Crippen LogP contribution in [0.5, 0.6) is 0 Å². The molecule has 3 aromatic rings. The summed E-state index contributed by atoms with van der Waals surface area (Å²) in [5.74, 6) is 0.892. The zero-order valence-corrected chi connectivity index (χ0v) is 23.6. The molecule has 6 rings (SSSR count). The van der Waals surface area contributed by atoms with Crippen molar-refractivity contribution in [3.8, 4) is 0 Å². The zero-order valence-electron chi connectivity index (χ0n) is 23.6. The molecule has 0 aromatic heterocycles. The third kappa shape index (κ3) is 5.42. The monoisotopic (exact) mass is 533 g/mol. The second kappa shape index (κ2) is 11.0. The van der Waals surface area contributed by atoms with E-state index in [0.717, 1.165) is 67.0 Å². The molecule has 5 nitrogen and oxygen atoms in total. The molecule has 2 aliphatic heterocycles. The Hall–Kier alpha value is -3.86. The van der Waals surface area contributed by atoms with Crippen LogP contribution in [0.2, 0.25) is 0 Å². The average Bonchev–Trinajstić information content (AvgIpc) is 3.08. The summed E-state index contributed by atoms with van der Waals surface area (Å²) in [6.07, 6.45) is 4.40. The molecule has 5 heteroatoms. The van der Waals surface area contributed by atoms with E-state index in [9.17, 15) is 9.59 Å². The maximum absolute atomic E-state index is 13.9. The van der Waals surface area contributed by atoms with E-state index < -0.39 is 0 Å². The number of allylic oxidation sites excluding steroid dienone is 1. The van der Waals surface area contributed by atoms with Crippen LogP contribution < -0.4 is 10.2 Å². The Morgan fingerprint density at radius 3 is 2.25 bits per heavy atom. The number of anilines is 2. The fourth-order valence-corrected chi connectivity index (χ4v) is 6.79. The van der Waals surface area contributed by atoms with Crippen molar-refractivity contribution in [1.82, 2.24) is 4.90 Å². The summed E-state index contributed by atoms with van der Waals surface area (Å²) in [7, 11) is 0. The van der Waals surface area contributed by atoms with Crippen molar-refractivity contribution >= 4 is 23.1 Å². The Morgan fingerprint density at radius 1 is 0.875 bits per heavy atom. The molecule has 3 aliphatic rings. The first-order valence-electron chi connectivity index (χ1n) is 14.6. The summed E-state index contributed by atoms with van der Waals surface area (Å²) < 4.78 is 0. The van der Waals surface area contributed by atoms with Crippen molar-refractivity contribution in [2.24, 2.45) is 11.3 Å². The largest absolute Gasteiger partial charge is 0.357 e. The number of likely N-dealkylation sites (tertiary alicyclic amines) is 1. The quantitative estimate of drug-likeness (QED) is 0.393. The van der Waals surface area contributed by atoms with E-state index in [1.165, 1.54) is 5.56 Å². The van der Waals surface area contributed by atoms with Gasteiger partial charge in [0.2, 0.25) is 5.91 Å². The molecule has 1 atom stereocenters. The van der Waals surface area contributed by atoms with Crippen molar-refractivity contribution in [2.45, 2.75) is 52.0 Å². The van der Waals surface area contributed by atoms with Crippen molar-refractivity contribution in [1.29, 1.82) is 0 Å². The standard InChI is InChI=1S/C35H39N3O2/c1-35(2)22-29-33(31(39)23-35)34(27-13-7-4-8-14-27)38(30-16-10-9-15-28(30)36-29)24-32(40)37-19-17-26(18-20-37)21-25-11-5-3-6-12-25/h3-16,26,34,36H,17-24H2,1-2H3. The van der Waals surface area contributed by atoms with Gasteiger partial charge in [0, 0.05) is 30.8 Å². The predicted octanol–water partition coefficient (Wildman–Crippen LogP) is 6.78. The van der Waals surface area contributed by atoms with Crippen molar-refractivity contribution in [3.63, 3.8) is 0 Å². The lowest BCUT2D eigenvalue weighted by molar-refractivity contribution is -0.131. The van der Waals surface area contributed by atoms with Crippen LogP contribution in [0.3, 0.4) is 0 Å². The molecule has 206 valence electrons. The minimum atomic E-state index is -0.324. The predicted molar refractivity (Wildman–Crippen MR) is 161 cm³/mol. The summed E-state index contributed by atoms with van der Waals surface area (Å²) in [4.78, 5) is 32.0. The molecule has 0 bridgehead atoms. The number of benzene rings is 3. The van der Waals surface area contributed by atoms with Crippen molar-refractivity contribution in [3.05, 3.63) is 107 Å². The molecule has 2 heterocycles. The molecule has 1 saturated heterocycles. The number of hydrogen-bond donors (Lipinski definition) is 1. The number of nitrogens with zero attached hydrogens (tertiary/aromatic N) is 2. The number of amides is 1. The lowest BCUT2D eigenvalue weighted by atomic mass is 9.73. The van der Waals surface area contributed by atoms with Gasteiger partial charge in [0.15, 0.2) is 5.78 Å². The highest BCUT2D eigenvalue weighted by atomic mass is 16.2. The number of ketones is 1. The van der Waals surface area contributed by atoms with Crippen LogP contribution in [0, 0.1) is 11.3 Å². The topological polar surface area (TPSA) is 52.7 Å². The Balaban J connectivity index is 1.30. The molecular formula is C35H39N3O2. The molecular weight excluding hydrogens is 494 g/mol. The second-order valence-corrected chi connectivity index (χ2v) is 12.4. The molecule has 1 amide bonds. The van der Waals surface area contributed by atoms with Gasteiger partial charge in [0.25, 0.3) is 0 Å². The molecule has 40 heavy (non-hydrogen) atoms. The van der Waals surface area contributed by atoms with Crippen LogP contribution in [-0.4, -0.2) is 36.2 Å². The van der Waals surface area contributed by atoms with Gasteiger partial charge in [-0.2, -0.15) is 0 Å². The van der Waals surface area contributed by atoms with Crippen LogP contribution >= 0.6 is 0 Å². The number of hydrogen-bond acceptors (Lipinski definition) is 4. The third-order valence-corrected chi connectivity index (χ3v) is 8.76. The lowest BCUT2D eigenvalue weighted by Crippen LogP contribution is -2.46. The highest BCUT2D eigenvalue weighted by Crippen LogP contribution is 2.48. The van der Waals surface area contributed by atoms with Gasteiger partial charge in [-0.25, -0.2) is 0 Å². The maximum atomic E-state index is 13.9. The fourth-order valence-electron chi connectivity index (χ4n) is 6.79. The first kappa shape index (κ1) is 26.4. The normalized spacial score (nSPS) is 20.9. The third-order valence-electron chi connectivity index (χ3n) is 8.76. The van der Waals surface area contributed by atoms with E-state index in [1.54, 1.807) is 0 Å². The van der Waals surface area contributed by atoms with Gasteiger partial charge in [-0.1, -0.05) is 86.6 Å². The molecule has 0 spiro atoms. The Labute approximate surface area is 237 Å². The Kier molecular flexibility index (Phi) is 7.22. The van der Waals surface area contributed by atoms with Crippen LogP contribution in [0.15, 0.2) is 96.2 Å². The molecule has 3 aromatic carbocycles. The number of Topliss-reactive ketones (excluding diaryl/α,β-unsaturated/α-hetero) is 1. The van der Waals surface area contributed by atoms with Crippen molar-refractivity contribution < 1.29 is 9.59 Å². The van der Waals surface area contributed by atoms with Crippen LogP contribution in [0.1, 0.15) is 56.7 Å². The molecule has 0 saturated carbocycles. The SMILES string of the molecule is CC1(C)CC(=O)C2=C(C1)Nc1ccccc1N(CC(=O)N1CCC(Cc3ccccc3)CC1)C2c1ccccc1. The Morgan fingerprint density at radius 2 is 1.52 bits per heavy atom. The molecule has 0 radical (unpaired) electrons. The van der Waals surface area contributed by atoms with E-state index in [4.69, 9.17) is 0 Å². The highest BCUT2D eigenvalue weighted by molar-refractivity contribution is 6.01. The summed E-state index contributed by atoms with van der Waals surface area (Å²) in [5, 5.41) is 3.65. The zero-order chi connectivity index (χ0) is 27.7. The van der Waals surface area contributed by atoms with Gasteiger partial charge < -0.3 is 15.1 Å². The Bertz CT molecular complexity index is 1400.